The van der Waals surface area contributed by atoms with E-state index in [0.29, 0.717) is 0 Å². The molecule has 0 aromatic heterocycles. The van der Waals surface area contributed by atoms with E-state index in [1.807, 2.05) is 6.92 Å². The molecule has 1 heterocycles. The number of piperidine rings is 1. The zero-order chi connectivity index (χ0) is 9.19. The van der Waals surface area contributed by atoms with Crippen molar-refractivity contribution in [3.05, 3.63) is 0 Å². The third-order valence-electron chi connectivity index (χ3n) is 2.95. The van der Waals surface area contributed by atoms with Gasteiger partial charge in [0.15, 0.2) is 0 Å². The van der Waals surface area contributed by atoms with Gasteiger partial charge in [0.05, 0.1) is 5.41 Å². The van der Waals surface area contributed by atoms with E-state index in [1.165, 1.54) is 0 Å². The van der Waals surface area contributed by atoms with Crippen LogP contribution in [0.3, 0.4) is 0 Å². The van der Waals surface area contributed by atoms with Gasteiger partial charge in [-0.1, -0.05) is 16.3 Å². The van der Waals surface area contributed by atoms with E-state index in [1.54, 1.807) is 0 Å². The second-order valence-corrected chi connectivity index (χ2v) is 4.26. The molecular weight excluding hydrogens is 171 g/mol. The summed E-state index contributed by atoms with van der Waals surface area (Å²) in [6.07, 6.45) is 2.69. The van der Waals surface area contributed by atoms with E-state index in [0.717, 1.165) is 32.4 Å². The third kappa shape index (κ3) is 1.78. The summed E-state index contributed by atoms with van der Waals surface area (Å²) in [6.45, 7) is 3.96. The van der Waals surface area contributed by atoms with Crippen molar-refractivity contribution in [1.29, 1.82) is 0 Å². The SMILES string of the molecule is CCC1(C(N)=O)CCN(P)CC1. The standard InChI is InChI=1S/C8H17N2OP/c1-2-8(7(9)11)3-5-10(12)6-4-8/h2-6,12H2,1H3,(H2,9,11). The van der Waals surface area contributed by atoms with Crippen molar-refractivity contribution in [3.8, 4) is 0 Å². The molecule has 12 heavy (non-hydrogen) atoms. The molecule has 2 N–H and O–H groups in total. The summed E-state index contributed by atoms with van der Waals surface area (Å²) in [4.78, 5) is 11.2. The first-order valence-corrected chi connectivity index (χ1v) is 4.92. The average molecular weight is 188 g/mol. The molecule has 1 saturated heterocycles. The molecule has 0 aliphatic carbocycles. The normalized spacial score (nSPS) is 23.8. The van der Waals surface area contributed by atoms with Crippen LogP contribution in [0.15, 0.2) is 0 Å². The molecule has 1 fully saturated rings. The van der Waals surface area contributed by atoms with Crippen LogP contribution in [0.4, 0.5) is 0 Å². The van der Waals surface area contributed by atoms with Crippen LogP contribution in [0.25, 0.3) is 0 Å². The maximum Gasteiger partial charge on any atom is 0.223 e. The van der Waals surface area contributed by atoms with Crippen molar-refractivity contribution in [2.45, 2.75) is 26.2 Å². The second kappa shape index (κ2) is 3.71. The molecule has 1 rings (SSSR count). The lowest BCUT2D eigenvalue weighted by Gasteiger charge is -2.37. The number of nitrogens with two attached hydrogens (primary N) is 1. The smallest absolute Gasteiger partial charge is 0.223 e. The molecule has 1 aliphatic heterocycles. The highest BCUT2D eigenvalue weighted by Crippen LogP contribution is 2.35. The maximum absolute atomic E-state index is 11.2. The molecule has 4 heteroatoms. The van der Waals surface area contributed by atoms with Crippen LogP contribution in [-0.4, -0.2) is 23.7 Å². The van der Waals surface area contributed by atoms with Gasteiger partial charge >= 0.3 is 0 Å². The number of carbonyl (C=O) groups is 1. The Morgan fingerprint density at radius 1 is 1.58 bits per heavy atom. The zero-order valence-corrected chi connectivity index (χ0v) is 8.70. The monoisotopic (exact) mass is 188 g/mol. The minimum atomic E-state index is -0.215. The molecule has 0 aromatic rings. The minimum Gasteiger partial charge on any atom is -0.369 e. The Morgan fingerprint density at radius 3 is 2.42 bits per heavy atom. The molecule has 0 saturated carbocycles. The van der Waals surface area contributed by atoms with E-state index in [-0.39, 0.29) is 11.3 Å². The molecule has 0 aromatic carbocycles. The first-order chi connectivity index (χ1) is 5.60. The van der Waals surface area contributed by atoms with Gasteiger partial charge in [-0.3, -0.25) is 9.46 Å². The van der Waals surface area contributed by atoms with Gasteiger partial charge in [0.2, 0.25) is 5.91 Å². The van der Waals surface area contributed by atoms with Crippen molar-refractivity contribution < 1.29 is 4.79 Å². The van der Waals surface area contributed by atoms with Gasteiger partial charge in [-0.25, -0.2) is 0 Å². The summed E-state index contributed by atoms with van der Waals surface area (Å²) in [5.74, 6) is -0.122. The Kier molecular flexibility index (Phi) is 3.08. The number of hydrogen-bond acceptors (Lipinski definition) is 2. The summed E-state index contributed by atoms with van der Waals surface area (Å²) in [7, 11) is 2.67. The van der Waals surface area contributed by atoms with Crippen LogP contribution < -0.4 is 5.73 Å². The number of amides is 1. The van der Waals surface area contributed by atoms with Crippen LogP contribution in [-0.2, 0) is 4.79 Å². The van der Waals surface area contributed by atoms with Crippen molar-refractivity contribution in [2.75, 3.05) is 13.1 Å². The van der Waals surface area contributed by atoms with Crippen molar-refractivity contribution in [1.82, 2.24) is 4.67 Å². The third-order valence-corrected chi connectivity index (χ3v) is 3.47. The van der Waals surface area contributed by atoms with E-state index >= 15 is 0 Å². The number of primary amides is 1. The van der Waals surface area contributed by atoms with Crippen LogP contribution >= 0.6 is 9.39 Å². The molecule has 1 unspecified atom stereocenters. The Morgan fingerprint density at radius 2 is 2.08 bits per heavy atom. The van der Waals surface area contributed by atoms with Crippen molar-refractivity contribution in [2.24, 2.45) is 11.1 Å². The molecule has 1 aliphatic rings. The summed E-state index contributed by atoms with van der Waals surface area (Å²) in [6, 6.07) is 0. The van der Waals surface area contributed by atoms with E-state index in [9.17, 15) is 4.79 Å². The Bertz CT molecular complexity index is 176. The maximum atomic E-state index is 11.2. The lowest BCUT2D eigenvalue weighted by Crippen LogP contribution is -2.44. The Hall–Kier alpha value is -0.140. The fourth-order valence-electron chi connectivity index (χ4n) is 1.73. The number of hydrogen-bond donors (Lipinski definition) is 1. The largest absolute Gasteiger partial charge is 0.369 e. The van der Waals surface area contributed by atoms with Crippen molar-refractivity contribution in [3.63, 3.8) is 0 Å². The van der Waals surface area contributed by atoms with Crippen LogP contribution in [0.2, 0.25) is 0 Å². The molecule has 70 valence electrons. The van der Waals surface area contributed by atoms with Gasteiger partial charge in [-0.2, -0.15) is 0 Å². The average Bonchev–Trinajstić information content (AvgIpc) is 2.06. The Labute approximate surface area is 75.9 Å². The highest BCUT2D eigenvalue weighted by molar-refractivity contribution is 7.13. The van der Waals surface area contributed by atoms with Gasteiger partial charge in [-0.15, -0.1) is 0 Å². The van der Waals surface area contributed by atoms with Crippen LogP contribution in [0.1, 0.15) is 26.2 Å². The first-order valence-electron chi connectivity index (χ1n) is 4.40. The van der Waals surface area contributed by atoms with Gasteiger partial charge in [0, 0.05) is 13.1 Å². The summed E-state index contributed by atoms with van der Waals surface area (Å²) < 4.78 is 2.16. The van der Waals surface area contributed by atoms with E-state index < -0.39 is 0 Å². The fraction of sp³-hybridized carbons (Fsp3) is 0.875. The molecule has 1 amide bonds. The summed E-state index contributed by atoms with van der Waals surface area (Å²) in [5, 5.41) is 0. The van der Waals surface area contributed by atoms with E-state index in [4.69, 9.17) is 5.73 Å². The second-order valence-electron chi connectivity index (χ2n) is 3.53. The van der Waals surface area contributed by atoms with Crippen molar-refractivity contribution >= 4 is 15.3 Å². The number of rotatable bonds is 2. The van der Waals surface area contributed by atoms with Crippen LogP contribution in [0, 0.1) is 5.41 Å². The molecule has 1 atom stereocenters. The highest BCUT2D eigenvalue weighted by atomic mass is 31.0. The minimum absolute atomic E-state index is 0.122. The fourth-order valence-corrected chi connectivity index (χ4v) is 1.98. The van der Waals surface area contributed by atoms with E-state index in [2.05, 4.69) is 14.1 Å². The number of nitrogens with zero attached hydrogens (tertiary/aromatic N) is 1. The topological polar surface area (TPSA) is 46.3 Å². The number of carbonyl (C=O) groups excluding carboxylic acids is 1. The predicted octanol–water partition coefficient (Wildman–Crippen LogP) is 0.754. The van der Waals surface area contributed by atoms with Gasteiger partial charge < -0.3 is 5.73 Å². The Balaban J connectivity index is 2.63. The van der Waals surface area contributed by atoms with Crippen LogP contribution in [0.5, 0.6) is 0 Å². The predicted molar refractivity (Wildman–Crippen MR) is 52.4 cm³/mol. The van der Waals surface area contributed by atoms with Gasteiger partial charge in [0.1, 0.15) is 0 Å². The van der Waals surface area contributed by atoms with Gasteiger partial charge in [-0.05, 0) is 19.3 Å². The summed E-state index contributed by atoms with van der Waals surface area (Å²) >= 11 is 0. The molecule has 0 spiro atoms. The highest BCUT2D eigenvalue weighted by Gasteiger charge is 2.37. The molecule has 3 nitrogen and oxygen atoms in total. The quantitative estimate of drug-likeness (QED) is 0.650. The zero-order valence-electron chi connectivity index (χ0n) is 7.55. The molecule has 0 bridgehead atoms. The molecular formula is C8H17N2OP. The summed E-state index contributed by atoms with van der Waals surface area (Å²) in [5.41, 5.74) is 5.18. The lowest BCUT2D eigenvalue weighted by atomic mass is 9.76. The first kappa shape index (κ1) is 9.94. The van der Waals surface area contributed by atoms with Gasteiger partial charge in [0.25, 0.3) is 0 Å². The molecule has 0 radical (unpaired) electrons. The lowest BCUT2D eigenvalue weighted by molar-refractivity contribution is -0.130.